The number of hydrogen-bond acceptors (Lipinski definition) is 3. The Morgan fingerprint density at radius 2 is 2.38 bits per heavy atom. The smallest absolute Gasteiger partial charge is 0.270 e. The number of nitrogens with two attached hydrogens (primary N) is 1. The van der Waals surface area contributed by atoms with Gasteiger partial charge in [-0.25, -0.2) is 0 Å². The number of amides is 1. The van der Waals surface area contributed by atoms with Crippen molar-refractivity contribution in [3.63, 3.8) is 0 Å². The van der Waals surface area contributed by atoms with Gasteiger partial charge in [0.05, 0.1) is 11.0 Å². The van der Waals surface area contributed by atoms with Crippen molar-refractivity contribution in [2.24, 2.45) is 5.73 Å². The molecule has 0 radical (unpaired) electrons. The average molecular weight is 237 g/mol. The van der Waals surface area contributed by atoms with E-state index in [1.54, 1.807) is 12.3 Å². The van der Waals surface area contributed by atoms with Gasteiger partial charge in [-0.1, -0.05) is 25.2 Å². The van der Waals surface area contributed by atoms with Gasteiger partial charge in [0.25, 0.3) is 5.91 Å². The first kappa shape index (κ1) is 12.6. The monoisotopic (exact) mass is 237 g/mol. The highest BCUT2D eigenvalue weighted by molar-refractivity contribution is 7.80. The summed E-state index contributed by atoms with van der Waals surface area (Å²) in [6, 6.07) is 3.35. The van der Waals surface area contributed by atoms with Gasteiger partial charge in [0.1, 0.15) is 5.69 Å². The quantitative estimate of drug-likeness (QED) is 0.772. The second-order valence-corrected chi connectivity index (χ2v) is 3.98. The molecule has 0 aliphatic carbocycles. The summed E-state index contributed by atoms with van der Waals surface area (Å²) in [6.45, 7) is 3.75. The minimum atomic E-state index is -0.274. The number of carbonyl (C=O) groups is 1. The lowest BCUT2D eigenvalue weighted by atomic mass is 10.2. The number of hydrogen-bond donors (Lipinski definition) is 2. The molecule has 0 spiro atoms. The van der Waals surface area contributed by atoms with Crippen LogP contribution < -0.4 is 11.1 Å². The Hall–Kier alpha value is -1.49. The average Bonchev–Trinajstić information content (AvgIpc) is 2.25. The third-order valence-corrected chi connectivity index (χ3v) is 2.57. The van der Waals surface area contributed by atoms with E-state index in [-0.39, 0.29) is 11.9 Å². The Labute approximate surface area is 100 Å². The van der Waals surface area contributed by atoms with Crippen molar-refractivity contribution in [2.75, 3.05) is 0 Å². The Morgan fingerprint density at radius 3 is 2.88 bits per heavy atom. The molecule has 5 heteroatoms. The van der Waals surface area contributed by atoms with Crippen LogP contribution in [0.1, 0.15) is 29.4 Å². The van der Waals surface area contributed by atoms with Crippen LogP contribution in [0.3, 0.4) is 0 Å². The van der Waals surface area contributed by atoms with Gasteiger partial charge in [0, 0.05) is 6.20 Å². The van der Waals surface area contributed by atoms with Gasteiger partial charge in [0.15, 0.2) is 0 Å². The molecule has 4 nitrogen and oxygen atoms in total. The summed E-state index contributed by atoms with van der Waals surface area (Å²) in [7, 11) is 0. The van der Waals surface area contributed by atoms with Crippen LogP contribution in [-0.2, 0) is 0 Å². The second kappa shape index (κ2) is 5.55. The van der Waals surface area contributed by atoms with Gasteiger partial charge >= 0.3 is 0 Å². The topological polar surface area (TPSA) is 68.0 Å². The van der Waals surface area contributed by atoms with Gasteiger partial charge < -0.3 is 11.1 Å². The highest BCUT2D eigenvalue weighted by Gasteiger charge is 2.16. The molecule has 86 valence electrons. The summed E-state index contributed by atoms with van der Waals surface area (Å²) in [6.07, 6.45) is 2.26. The summed E-state index contributed by atoms with van der Waals surface area (Å²) in [4.78, 5) is 16.2. The molecule has 1 amide bonds. The number of rotatable bonds is 4. The maximum atomic E-state index is 11.9. The molecule has 1 aromatic rings. The lowest BCUT2D eigenvalue weighted by Gasteiger charge is -2.15. The molecular weight excluding hydrogens is 222 g/mol. The number of nitrogens with one attached hydrogen (secondary N) is 1. The number of carbonyl (C=O) groups excluding carboxylic acids is 1. The van der Waals surface area contributed by atoms with E-state index in [2.05, 4.69) is 10.3 Å². The van der Waals surface area contributed by atoms with Crippen molar-refractivity contribution in [2.45, 2.75) is 26.3 Å². The van der Waals surface area contributed by atoms with Gasteiger partial charge in [-0.2, -0.15) is 0 Å². The van der Waals surface area contributed by atoms with Gasteiger partial charge in [-0.3, -0.25) is 9.78 Å². The van der Waals surface area contributed by atoms with E-state index in [1.807, 2.05) is 19.9 Å². The number of pyridine rings is 1. The third-order valence-electron chi connectivity index (χ3n) is 2.28. The molecule has 1 unspecified atom stereocenters. The Kier molecular flexibility index (Phi) is 4.37. The van der Waals surface area contributed by atoms with E-state index in [0.29, 0.717) is 17.1 Å². The molecule has 0 saturated carbocycles. The van der Waals surface area contributed by atoms with Crippen molar-refractivity contribution in [1.29, 1.82) is 0 Å². The molecule has 1 atom stereocenters. The minimum Gasteiger partial charge on any atom is -0.392 e. The van der Waals surface area contributed by atoms with Crippen LogP contribution in [0.2, 0.25) is 0 Å². The first-order valence-electron chi connectivity index (χ1n) is 5.08. The number of nitrogens with zero attached hydrogens (tertiary/aromatic N) is 1. The molecule has 0 bridgehead atoms. The summed E-state index contributed by atoms with van der Waals surface area (Å²) in [5.74, 6) is -0.238. The van der Waals surface area contributed by atoms with E-state index < -0.39 is 0 Å². The molecule has 0 fully saturated rings. The van der Waals surface area contributed by atoms with E-state index in [4.69, 9.17) is 18.0 Å². The van der Waals surface area contributed by atoms with Crippen LogP contribution >= 0.6 is 12.2 Å². The van der Waals surface area contributed by atoms with E-state index in [1.165, 1.54) is 0 Å². The van der Waals surface area contributed by atoms with Crippen molar-refractivity contribution < 1.29 is 4.79 Å². The SMILES string of the molecule is CCC(NC(=O)c1ncccc1C)C(N)=S. The molecule has 0 aliphatic rings. The van der Waals surface area contributed by atoms with Crippen molar-refractivity contribution in [3.8, 4) is 0 Å². The molecule has 0 aromatic carbocycles. The number of aromatic nitrogens is 1. The predicted octanol–water partition coefficient (Wildman–Crippen LogP) is 1.18. The van der Waals surface area contributed by atoms with E-state index in [9.17, 15) is 4.79 Å². The van der Waals surface area contributed by atoms with Crippen LogP contribution in [0, 0.1) is 6.92 Å². The standard InChI is InChI=1S/C11H15N3OS/c1-3-8(10(12)16)14-11(15)9-7(2)5-4-6-13-9/h4-6,8H,3H2,1-2H3,(H2,12,16)(H,14,15). The van der Waals surface area contributed by atoms with Crippen LogP contribution in [0.15, 0.2) is 18.3 Å². The van der Waals surface area contributed by atoms with Crippen LogP contribution in [0.4, 0.5) is 0 Å². The fourth-order valence-corrected chi connectivity index (χ4v) is 1.55. The number of aryl methyl sites for hydroxylation is 1. The fraction of sp³-hybridized carbons (Fsp3) is 0.364. The summed E-state index contributed by atoms with van der Waals surface area (Å²) in [5, 5.41) is 2.76. The van der Waals surface area contributed by atoms with Gasteiger partial charge in [-0.05, 0) is 25.0 Å². The second-order valence-electron chi connectivity index (χ2n) is 3.51. The molecule has 1 aromatic heterocycles. The lowest BCUT2D eigenvalue weighted by Crippen LogP contribution is -2.43. The number of thiocarbonyl (C=S) groups is 1. The fourth-order valence-electron chi connectivity index (χ4n) is 1.32. The zero-order valence-electron chi connectivity index (χ0n) is 9.36. The zero-order valence-corrected chi connectivity index (χ0v) is 10.2. The molecular formula is C11H15N3OS. The Morgan fingerprint density at radius 1 is 1.69 bits per heavy atom. The Balaban J connectivity index is 2.80. The highest BCUT2D eigenvalue weighted by atomic mass is 32.1. The summed E-state index contributed by atoms with van der Waals surface area (Å²) in [5.41, 5.74) is 6.75. The minimum absolute atomic E-state index is 0.238. The van der Waals surface area contributed by atoms with Gasteiger partial charge in [0.2, 0.25) is 0 Å². The molecule has 0 saturated heterocycles. The maximum Gasteiger partial charge on any atom is 0.270 e. The predicted molar refractivity (Wildman–Crippen MR) is 67.3 cm³/mol. The highest BCUT2D eigenvalue weighted by Crippen LogP contribution is 2.04. The third kappa shape index (κ3) is 3.00. The van der Waals surface area contributed by atoms with Crippen LogP contribution in [0.5, 0.6) is 0 Å². The van der Waals surface area contributed by atoms with E-state index >= 15 is 0 Å². The normalized spacial score (nSPS) is 11.9. The first-order valence-corrected chi connectivity index (χ1v) is 5.49. The van der Waals surface area contributed by atoms with Crippen molar-refractivity contribution in [3.05, 3.63) is 29.6 Å². The molecule has 16 heavy (non-hydrogen) atoms. The zero-order chi connectivity index (χ0) is 12.1. The Bertz CT molecular complexity index is 406. The van der Waals surface area contributed by atoms with Crippen LogP contribution in [-0.4, -0.2) is 21.9 Å². The molecule has 1 heterocycles. The maximum absolute atomic E-state index is 11.9. The van der Waals surface area contributed by atoms with Crippen molar-refractivity contribution >= 4 is 23.1 Å². The van der Waals surface area contributed by atoms with Crippen molar-refractivity contribution in [1.82, 2.24) is 10.3 Å². The molecule has 3 N–H and O–H groups in total. The first-order chi connectivity index (χ1) is 7.56. The lowest BCUT2D eigenvalue weighted by molar-refractivity contribution is 0.0940. The summed E-state index contributed by atoms with van der Waals surface area (Å²) >= 11 is 4.86. The van der Waals surface area contributed by atoms with E-state index in [0.717, 1.165) is 5.56 Å². The van der Waals surface area contributed by atoms with Crippen LogP contribution in [0.25, 0.3) is 0 Å². The van der Waals surface area contributed by atoms with Gasteiger partial charge in [-0.15, -0.1) is 0 Å². The largest absolute Gasteiger partial charge is 0.392 e. The molecule has 1 rings (SSSR count). The molecule has 0 aliphatic heterocycles. The summed E-state index contributed by atoms with van der Waals surface area (Å²) < 4.78 is 0.